The Hall–Kier alpha value is -0.0800. The molecular weight excluding hydrogens is 389 g/mol. The topological polar surface area (TPSA) is 42.9 Å². The fraction of sp³-hybridized carbons (Fsp3) is 0.938. The number of nitrogens with zero attached hydrogens (tertiary/aromatic N) is 3. The van der Waals surface area contributed by atoms with E-state index in [1.165, 1.54) is 58.4 Å². The van der Waals surface area contributed by atoms with Gasteiger partial charge < -0.3 is 10.6 Å². The number of guanidine groups is 1. The third kappa shape index (κ3) is 4.71. The molecule has 4 rings (SSSR count). The molecule has 0 aromatic heterocycles. The second-order valence-electron chi connectivity index (χ2n) is 7.04. The van der Waals surface area contributed by atoms with Gasteiger partial charge in [0.25, 0.3) is 0 Å². The van der Waals surface area contributed by atoms with E-state index in [1.54, 1.807) is 0 Å². The van der Waals surface area contributed by atoms with Crippen LogP contribution >= 0.6 is 24.0 Å². The monoisotopic (exact) mass is 421 g/mol. The van der Waals surface area contributed by atoms with Gasteiger partial charge in [-0.3, -0.25) is 14.8 Å². The molecule has 4 aliphatic rings. The van der Waals surface area contributed by atoms with Crippen LogP contribution < -0.4 is 10.6 Å². The number of aliphatic imine (C=N–C) groups is 1. The number of hydrogen-bond acceptors (Lipinski definition) is 3. The minimum atomic E-state index is 0. The first-order valence-electron chi connectivity index (χ1n) is 8.68. The molecule has 3 heterocycles. The van der Waals surface area contributed by atoms with Crippen molar-refractivity contribution in [2.24, 2.45) is 10.9 Å². The van der Waals surface area contributed by atoms with Gasteiger partial charge in [-0.05, 0) is 31.6 Å². The van der Waals surface area contributed by atoms with E-state index in [0.717, 1.165) is 18.4 Å². The highest BCUT2D eigenvalue weighted by Gasteiger charge is 2.31. The summed E-state index contributed by atoms with van der Waals surface area (Å²) in [6.45, 7) is 9.57. The molecule has 128 valence electrons. The zero-order valence-electron chi connectivity index (χ0n) is 14.1. The van der Waals surface area contributed by atoms with Crippen molar-refractivity contribution in [1.82, 2.24) is 20.4 Å². The Bertz CT molecular complexity index is 360. The molecule has 0 spiro atoms. The number of nitrogens with one attached hydrogen (secondary N) is 2. The van der Waals surface area contributed by atoms with Crippen molar-refractivity contribution in [3.05, 3.63) is 0 Å². The predicted octanol–water partition coefficient (Wildman–Crippen LogP) is 1.35. The van der Waals surface area contributed by atoms with Crippen molar-refractivity contribution < 1.29 is 0 Å². The first kappa shape index (κ1) is 18.3. The molecule has 0 aromatic rings. The number of halogens is 1. The smallest absolute Gasteiger partial charge is 0.191 e. The standard InChI is InChI=1S/C16H31N5.HI/c1-13-3-5-14(6-4-13)19-16(17-2)18-11-15-12-20-7-9-21(15)10-8-20;/h13-15H,3-12H2,1-2H3,(H2,17,18,19);1H. The van der Waals surface area contributed by atoms with Crippen molar-refractivity contribution in [1.29, 1.82) is 0 Å². The van der Waals surface area contributed by atoms with E-state index in [1.807, 2.05) is 7.05 Å². The van der Waals surface area contributed by atoms with Gasteiger partial charge in [0.2, 0.25) is 0 Å². The van der Waals surface area contributed by atoms with Crippen LogP contribution in [0.15, 0.2) is 4.99 Å². The fourth-order valence-electron chi connectivity index (χ4n) is 3.93. The number of hydrogen-bond donors (Lipinski definition) is 2. The summed E-state index contributed by atoms with van der Waals surface area (Å²) in [6.07, 6.45) is 5.26. The van der Waals surface area contributed by atoms with Crippen LogP contribution in [-0.2, 0) is 0 Å². The lowest BCUT2D eigenvalue weighted by Crippen LogP contribution is -2.64. The van der Waals surface area contributed by atoms with Crippen molar-refractivity contribution >= 4 is 29.9 Å². The second-order valence-corrected chi connectivity index (χ2v) is 7.04. The average molecular weight is 421 g/mol. The van der Waals surface area contributed by atoms with Crippen LogP contribution in [0, 0.1) is 5.92 Å². The molecule has 0 radical (unpaired) electrons. The average Bonchev–Trinajstić information content (AvgIpc) is 2.54. The van der Waals surface area contributed by atoms with E-state index in [-0.39, 0.29) is 24.0 Å². The van der Waals surface area contributed by atoms with Gasteiger partial charge in [0.1, 0.15) is 0 Å². The first-order chi connectivity index (χ1) is 10.2. The van der Waals surface area contributed by atoms with Crippen molar-refractivity contribution in [2.75, 3.05) is 46.3 Å². The molecule has 1 saturated carbocycles. The maximum absolute atomic E-state index is 4.41. The minimum Gasteiger partial charge on any atom is -0.355 e. The highest BCUT2D eigenvalue weighted by atomic mass is 127. The molecule has 3 saturated heterocycles. The van der Waals surface area contributed by atoms with Gasteiger partial charge in [0.15, 0.2) is 5.96 Å². The van der Waals surface area contributed by atoms with Gasteiger partial charge in [-0.15, -0.1) is 24.0 Å². The maximum atomic E-state index is 4.41. The van der Waals surface area contributed by atoms with Gasteiger partial charge in [-0.25, -0.2) is 0 Å². The third-order valence-corrected chi connectivity index (χ3v) is 5.48. The molecule has 1 unspecified atom stereocenters. The highest BCUT2D eigenvalue weighted by Crippen LogP contribution is 2.23. The molecule has 0 amide bonds. The summed E-state index contributed by atoms with van der Waals surface area (Å²) in [7, 11) is 1.89. The van der Waals surface area contributed by atoms with Crippen LogP contribution in [0.3, 0.4) is 0 Å². The van der Waals surface area contributed by atoms with Gasteiger partial charge in [0.05, 0.1) is 0 Å². The first-order valence-corrected chi connectivity index (χ1v) is 8.68. The van der Waals surface area contributed by atoms with Crippen LogP contribution in [0.5, 0.6) is 0 Å². The summed E-state index contributed by atoms with van der Waals surface area (Å²) in [4.78, 5) is 9.63. The summed E-state index contributed by atoms with van der Waals surface area (Å²) in [5.74, 6) is 1.89. The Morgan fingerprint density at radius 3 is 2.32 bits per heavy atom. The normalized spacial score (nSPS) is 38.3. The summed E-state index contributed by atoms with van der Waals surface area (Å²) >= 11 is 0. The largest absolute Gasteiger partial charge is 0.355 e. The quantitative estimate of drug-likeness (QED) is 0.410. The fourth-order valence-corrected chi connectivity index (χ4v) is 3.93. The highest BCUT2D eigenvalue weighted by molar-refractivity contribution is 14.0. The van der Waals surface area contributed by atoms with E-state index in [2.05, 4.69) is 32.3 Å². The lowest BCUT2D eigenvalue weighted by molar-refractivity contribution is 0.0154. The summed E-state index contributed by atoms with van der Waals surface area (Å²) in [5, 5.41) is 7.17. The Kier molecular flexibility index (Phi) is 7.21. The predicted molar refractivity (Wildman–Crippen MR) is 103 cm³/mol. The zero-order valence-corrected chi connectivity index (χ0v) is 16.4. The number of fused-ring (bicyclic) bond motifs is 3. The second kappa shape index (κ2) is 8.68. The SMILES string of the molecule is CN=C(NCC1CN2CCN1CC2)NC1CCC(C)CC1.I. The Labute approximate surface area is 152 Å². The van der Waals surface area contributed by atoms with E-state index in [4.69, 9.17) is 0 Å². The summed E-state index contributed by atoms with van der Waals surface area (Å²) in [6, 6.07) is 1.26. The number of rotatable bonds is 3. The van der Waals surface area contributed by atoms with E-state index >= 15 is 0 Å². The van der Waals surface area contributed by atoms with Crippen LogP contribution in [0.1, 0.15) is 32.6 Å². The zero-order chi connectivity index (χ0) is 14.7. The molecule has 6 heteroatoms. The molecule has 2 bridgehead atoms. The Morgan fingerprint density at radius 2 is 1.77 bits per heavy atom. The van der Waals surface area contributed by atoms with Crippen molar-refractivity contribution in [3.63, 3.8) is 0 Å². The van der Waals surface area contributed by atoms with Gasteiger partial charge in [-0.2, -0.15) is 0 Å². The van der Waals surface area contributed by atoms with Gasteiger partial charge >= 0.3 is 0 Å². The molecule has 5 nitrogen and oxygen atoms in total. The van der Waals surface area contributed by atoms with E-state index in [0.29, 0.717) is 12.1 Å². The van der Waals surface area contributed by atoms with Crippen LogP contribution in [-0.4, -0.2) is 74.2 Å². The van der Waals surface area contributed by atoms with Crippen LogP contribution in [0.2, 0.25) is 0 Å². The Balaban J connectivity index is 0.00000176. The maximum Gasteiger partial charge on any atom is 0.191 e. The molecule has 3 aliphatic heterocycles. The van der Waals surface area contributed by atoms with Crippen LogP contribution in [0.25, 0.3) is 0 Å². The summed E-state index contributed by atoms with van der Waals surface area (Å²) in [5.41, 5.74) is 0. The Morgan fingerprint density at radius 1 is 1.09 bits per heavy atom. The molecule has 4 fully saturated rings. The molecule has 1 aliphatic carbocycles. The van der Waals surface area contributed by atoms with Gasteiger partial charge in [0, 0.05) is 58.4 Å². The third-order valence-electron chi connectivity index (χ3n) is 5.48. The summed E-state index contributed by atoms with van der Waals surface area (Å²) < 4.78 is 0. The molecule has 22 heavy (non-hydrogen) atoms. The minimum absolute atomic E-state index is 0. The molecular formula is C16H32IN5. The molecule has 2 N–H and O–H groups in total. The van der Waals surface area contributed by atoms with E-state index < -0.39 is 0 Å². The lowest BCUT2D eigenvalue weighted by Gasteiger charge is -2.47. The van der Waals surface area contributed by atoms with Crippen LogP contribution in [0.4, 0.5) is 0 Å². The van der Waals surface area contributed by atoms with Gasteiger partial charge in [-0.1, -0.05) is 6.92 Å². The van der Waals surface area contributed by atoms with Crippen molar-refractivity contribution in [3.8, 4) is 0 Å². The van der Waals surface area contributed by atoms with E-state index in [9.17, 15) is 0 Å². The number of piperazine rings is 3. The van der Waals surface area contributed by atoms with Crippen molar-refractivity contribution in [2.45, 2.75) is 44.7 Å². The molecule has 0 aromatic carbocycles. The molecule has 1 atom stereocenters. The lowest BCUT2D eigenvalue weighted by atomic mass is 9.87.